The number of nitrogens with zero attached hydrogens (tertiary/aromatic N) is 8. The Morgan fingerprint density at radius 3 is 0.787 bits per heavy atom. The summed E-state index contributed by atoms with van der Waals surface area (Å²) in [6.07, 6.45) is 7.17. The second kappa shape index (κ2) is 44.8. The van der Waals surface area contributed by atoms with Crippen molar-refractivity contribution in [3.63, 3.8) is 0 Å². The number of pyridine rings is 8. The minimum absolute atomic E-state index is 0. The maximum Gasteiger partial charge on any atom is 0.124 e. The molecule has 0 saturated heterocycles. The van der Waals surface area contributed by atoms with Gasteiger partial charge in [0, 0.05) is 159 Å². The molecule has 4 N–H and O–H groups in total. The van der Waals surface area contributed by atoms with E-state index in [-0.39, 0.29) is 116 Å². The third-order valence-corrected chi connectivity index (χ3v) is 22.9. The van der Waals surface area contributed by atoms with E-state index in [1.165, 1.54) is 22.3 Å². The fraction of sp³-hybridized carbons (Fsp3) is 0.167. The van der Waals surface area contributed by atoms with Gasteiger partial charge < -0.3 is 20.4 Å². The third-order valence-electron chi connectivity index (χ3n) is 22.9. The first-order valence-corrected chi connectivity index (χ1v) is 44.5. The van der Waals surface area contributed by atoms with E-state index < -0.39 is 0 Å². The molecular formula is C120H108N8Ni4O4-4. The SMILES string of the molecule is CC(C)(C)c1cc(-c2[c-]c(-c3ccccn3)ccc2)nc(-c2ccccc2O)c1.CC(C)(C)c1cc(-c2cc(-c3[c-]c(-c4ccccn4)ccc3)nc(-c3ccccc3O)c2)cc(C(C)(C)C)c1.CC(C)(C)c1cc(-c2ccccn2)[c-]c(-c2cccc(-c3ccccc3O)n2)c1.CC(C)(C)c1ccc(-c2cc(-c3ccccn3)[c-]c(-c3cccc(-c4ccccc4O)n3)c2)cc1.[Ni].[Ni].[Ni].[Ni]. The Bertz CT molecular complexity index is 7060. The van der Waals surface area contributed by atoms with Gasteiger partial charge in [0.1, 0.15) is 23.0 Å². The van der Waals surface area contributed by atoms with Crippen LogP contribution in [0.25, 0.3) is 157 Å². The van der Waals surface area contributed by atoms with Gasteiger partial charge in [-0.15, -0.1) is 90.5 Å². The molecule has 18 rings (SSSR count). The van der Waals surface area contributed by atoms with Gasteiger partial charge in [0.2, 0.25) is 0 Å². The number of phenolic OH excluding ortho intramolecular Hbond substituents is 4. The van der Waals surface area contributed by atoms with Crippen molar-refractivity contribution in [1.82, 2.24) is 39.9 Å². The molecule has 8 aromatic heterocycles. The first-order chi connectivity index (χ1) is 63.2. The van der Waals surface area contributed by atoms with E-state index in [4.69, 9.17) is 19.9 Å². The van der Waals surface area contributed by atoms with Gasteiger partial charge in [0.25, 0.3) is 0 Å². The maximum absolute atomic E-state index is 10.7. The predicted octanol–water partition coefficient (Wildman–Crippen LogP) is 29.7. The smallest absolute Gasteiger partial charge is 0.124 e. The molecule has 8 heterocycles. The monoisotopic (exact) mass is 1960 g/mol. The molecule has 0 unspecified atom stereocenters. The molecule has 0 radical (unpaired) electrons. The van der Waals surface area contributed by atoms with E-state index in [9.17, 15) is 20.4 Å². The molecule has 136 heavy (non-hydrogen) atoms. The van der Waals surface area contributed by atoms with Gasteiger partial charge >= 0.3 is 0 Å². The van der Waals surface area contributed by atoms with Gasteiger partial charge in [-0.2, -0.15) is 0 Å². The van der Waals surface area contributed by atoms with Crippen LogP contribution in [-0.2, 0) is 93.0 Å². The number of phenols is 4. The zero-order chi connectivity index (χ0) is 93.1. The Balaban J connectivity index is 0.000000174. The molecule has 0 aliphatic heterocycles. The summed E-state index contributed by atoms with van der Waals surface area (Å²) >= 11 is 0. The minimum atomic E-state index is -0.0601. The molecule has 10 aromatic carbocycles. The summed E-state index contributed by atoms with van der Waals surface area (Å²) in [5, 5.41) is 41.6. The fourth-order valence-electron chi connectivity index (χ4n) is 15.2. The van der Waals surface area contributed by atoms with Crippen LogP contribution in [0.2, 0.25) is 0 Å². The number of benzene rings is 10. The van der Waals surface area contributed by atoms with Crippen LogP contribution >= 0.6 is 0 Å². The van der Waals surface area contributed by atoms with Gasteiger partial charge in [-0.05, 0) is 163 Å². The molecule has 0 saturated carbocycles. The number of rotatable bonds is 14. The third kappa shape index (κ3) is 25.8. The van der Waals surface area contributed by atoms with Crippen LogP contribution < -0.4 is 0 Å². The van der Waals surface area contributed by atoms with Crippen molar-refractivity contribution in [2.24, 2.45) is 0 Å². The van der Waals surface area contributed by atoms with Crippen LogP contribution in [0.4, 0.5) is 0 Å². The van der Waals surface area contributed by atoms with Crippen molar-refractivity contribution >= 4 is 0 Å². The average Bonchev–Trinajstić information content (AvgIpc) is 0.770. The zero-order valence-corrected chi connectivity index (χ0v) is 82.6. The number of para-hydroxylation sites is 4. The normalized spacial score (nSPS) is 11.2. The number of hydrogen-bond donors (Lipinski definition) is 4. The Kier molecular flexibility index (Phi) is 34.0. The Morgan fingerprint density at radius 2 is 0.419 bits per heavy atom. The second-order valence-corrected chi connectivity index (χ2v) is 38.0. The number of hydrogen-bond acceptors (Lipinski definition) is 12. The van der Waals surface area contributed by atoms with Crippen molar-refractivity contribution in [3.8, 4) is 180 Å². The summed E-state index contributed by atoms with van der Waals surface area (Å²) in [5.74, 6) is 0.864. The predicted molar refractivity (Wildman–Crippen MR) is 540 cm³/mol. The number of aromatic hydroxyl groups is 4. The second-order valence-electron chi connectivity index (χ2n) is 38.0. The average molecular weight is 1960 g/mol. The quantitative estimate of drug-likeness (QED) is 0.0598. The van der Waals surface area contributed by atoms with E-state index in [1.54, 1.807) is 49.1 Å². The van der Waals surface area contributed by atoms with Gasteiger partial charge in [0.15, 0.2) is 0 Å². The molecule has 0 amide bonds. The van der Waals surface area contributed by atoms with Crippen LogP contribution in [0, 0.1) is 24.3 Å². The molecule has 0 spiro atoms. The van der Waals surface area contributed by atoms with Crippen LogP contribution in [0.1, 0.15) is 132 Å². The van der Waals surface area contributed by atoms with E-state index in [0.717, 1.165) is 141 Å². The van der Waals surface area contributed by atoms with Crippen LogP contribution in [-0.4, -0.2) is 60.3 Å². The van der Waals surface area contributed by atoms with Crippen molar-refractivity contribution in [2.75, 3.05) is 0 Å². The summed E-state index contributed by atoms with van der Waals surface area (Å²) in [7, 11) is 0. The molecular weight excluding hydrogens is 1850 g/mol. The topological polar surface area (TPSA) is 184 Å². The Morgan fingerprint density at radius 1 is 0.176 bits per heavy atom. The van der Waals surface area contributed by atoms with E-state index in [0.29, 0.717) is 22.4 Å². The summed E-state index contributed by atoms with van der Waals surface area (Å²) in [6.45, 7) is 33.3. The van der Waals surface area contributed by atoms with Crippen molar-refractivity contribution in [2.45, 2.75) is 131 Å². The molecule has 12 nitrogen and oxygen atoms in total. The van der Waals surface area contributed by atoms with E-state index in [1.807, 2.05) is 218 Å². The standard InChI is InChI=1S/C36H35N2O.C32H27N2O.2C26H23N2O.4Ni/c1-35(2,3)28-19-26(20-29(23-28)36(4,5)6)27-21-32(38-33(22-27)30-14-7-8-16-34(30)39)25-13-11-12-24(18-25)31-15-9-10-17-37-31;1-32(2,3)26-16-14-22(15-17-26)23-19-24(28-10-6-7-18-33-28)21-25(20-23)29-11-8-12-30(34-29)27-9-4-5-13-31(27)35;1-26(2,3)20-16-23(28-24(17-20)21-11-4-5-13-25(21)29)19-10-8-9-18(15-19)22-12-6-7-14-27-22;1-26(2,3)20-16-18(22-10-6-7-14-27-22)15-19(17-20)23-11-8-12-24(28-23)21-9-4-5-13-25(21)29;;;;/h7-17,19-23,39H,1-6H3;4-20,35H,1-3H3;2*4-14,16-17,29H,1-3H3;;;;/q4*-1;;;;. The molecule has 16 heteroatoms. The number of aromatic nitrogens is 8. The summed E-state index contributed by atoms with van der Waals surface area (Å²) in [5.41, 5.74) is 30.3. The molecule has 0 atom stereocenters. The zero-order valence-electron chi connectivity index (χ0n) is 78.7. The van der Waals surface area contributed by atoms with Crippen molar-refractivity contribution < 1.29 is 86.4 Å². The molecule has 18 aromatic rings. The Labute approximate surface area is 841 Å². The van der Waals surface area contributed by atoms with Crippen LogP contribution in [0.15, 0.2) is 358 Å². The first kappa shape index (κ1) is 103. The Hall–Kier alpha value is -13.4. The summed E-state index contributed by atoms with van der Waals surface area (Å²) in [4.78, 5) is 37.6. The molecule has 0 bridgehead atoms. The van der Waals surface area contributed by atoms with Crippen LogP contribution in [0.5, 0.6) is 23.0 Å². The van der Waals surface area contributed by atoms with Gasteiger partial charge in [-0.3, -0.25) is 39.9 Å². The largest absolute Gasteiger partial charge is 0.507 e. The molecule has 0 fully saturated rings. The molecule has 0 aliphatic rings. The molecule has 0 aliphatic carbocycles. The van der Waals surface area contributed by atoms with Crippen molar-refractivity contribution in [3.05, 3.63) is 411 Å². The maximum atomic E-state index is 10.7. The van der Waals surface area contributed by atoms with Gasteiger partial charge in [-0.25, -0.2) is 0 Å². The summed E-state index contributed by atoms with van der Waals surface area (Å²) in [6, 6.07) is 123. The van der Waals surface area contributed by atoms with E-state index >= 15 is 0 Å². The van der Waals surface area contributed by atoms with E-state index in [2.05, 4.69) is 239 Å². The van der Waals surface area contributed by atoms with Gasteiger partial charge in [-0.1, -0.05) is 330 Å². The molecule has 696 valence electrons. The van der Waals surface area contributed by atoms with Crippen molar-refractivity contribution in [1.29, 1.82) is 0 Å². The minimum Gasteiger partial charge on any atom is -0.507 e. The van der Waals surface area contributed by atoms with Crippen LogP contribution in [0.3, 0.4) is 0 Å². The summed E-state index contributed by atoms with van der Waals surface area (Å²) < 4.78 is 0. The fourth-order valence-corrected chi connectivity index (χ4v) is 15.2. The first-order valence-electron chi connectivity index (χ1n) is 44.5. The van der Waals surface area contributed by atoms with Gasteiger partial charge in [0.05, 0.1) is 22.8 Å².